The standard InChI is InChI=1S/C19H24NS.HI/c1-5-20-17-11-13(2)6-7-18(17)21-19(20)12-16-9-14(3)8-15(4)10-16;/h6-7,9,11-12,15H,5,8,10H2,1-4H3;1H/q+1;/p-1/b16-12-;. The van der Waals surface area contributed by atoms with Crippen LogP contribution < -0.4 is 28.5 Å². The van der Waals surface area contributed by atoms with Crippen LogP contribution in [-0.4, -0.2) is 0 Å². The van der Waals surface area contributed by atoms with Gasteiger partial charge in [-0.15, -0.1) is 0 Å². The first-order valence-corrected chi connectivity index (χ1v) is 8.69. The lowest BCUT2D eigenvalue weighted by atomic mass is 9.88. The summed E-state index contributed by atoms with van der Waals surface area (Å²) in [5.41, 5.74) is 5.71. The highest BCUT2D eigenvalue weighted by Crippen LogP contribution is 2.30. The zero-order valence-corrected chi connectivity index (χ0v) is 16.8. The minimum Gasteiger partial charge on any atom is -1.00 e. The van der Waals surface area contributed by atoms with Crippen LogP contribution in [0.2, 0.25) is 0 Å². The number of fused-ring (bicyclic) bond motifs is 1. The molecule has 2 aromatic rings. The molecule has 1 aromatic carbocycles. The van der Waals surface area contributed by atoms with Gasteiger partial charge in [0.05, 0.1) is 0 Å². The molecule has 0 saturated heterocycles. The Balaban J connectivity index is 0.00000176. The summed E-state index contributed by atoms with van der Waals surface area (Å²) in [6, 6.07) is 6.78. The van der Waals surface area contributed by atoms with E-state index < -0.39 is 0 Å². The molecule has 0 fully saturated rings. The minimum absolute atomic E-state index is 0. The average molecular weight is 425 g/mol. The van der Waals surface area contributed by atoms with Gasteiger partial charge in [-0.1, -0.05) is 36.0 Å². The van der Waals surface area contributed by atoms with Crippen LogP contribution >= 0.6 is 11.3 Å². The first-order chi connectivity index (χ1) is 10.1. The van der Waals surface area contributed by atoms with E-state index in [0.717, 1.165) is 12.5 Å². The molecule has 3 heteroatoms. The van der Waals surface area contributed by atoms with Crippen molar-refractivity contribution in [1.29, 1.82) is 0 Å². The van der Waals surface area contributed by atoms with Crippen molar-refractivity contribution in [2.24, 2.45) is 5.92 Å². The van der Waals surface area contributed by atoms with Crippen LogP contribution in [0, 0.1) is 12.8 Å². The summed E-state index contributed by atoms with van der Waals surface area (Å²) in [7, 11) is 0. The molecular formula is C19H24INS. The molecule has 1 unspecified atom stereocenters. The smallest absolute Gasteiger partial charge is 0.263 e. The van der Waals surface area contributed by atoms with Crippen LogP contribution in [0.1, 0.15) is 44.2 Å². The van der Waals surface area contributed by atoms with Crippen molar-refractivity contribution >= 4 is 27.6 Å². The molecule has 22 heavy (non-hydrogen) atoms. The highest BCUT2D eigenvalue weighted by Gasteiger charge is 2.19. The predicted octanol–water partition coefficient (Wildman–Crippen LogP) is 2.28. The Labute approximate surface area is 154 Å². The Bertz CT molecular complexity index is 739. The molecule has 0 saturated carbocycles. The van der Waals surface area contributed by atoms with Crippen LogP contribution in [-0.2, 0) is 6.54 Å². The SMILES string of the molecule is CC[n+]1c(/C=C2/C=C(C)CC(C)C2)sc2ccc(C)cc21.[I-]. The zero-order valence-electron chi connectivity index (χ0n) is 13.8. The molecule has 1 heterocycles. The predicted molar refractivity (Wildman–Crippen MR) is 92.6 cm³/mol. The number of nitrogens with zero attached hydrogens (tertiary/aromatic N) is 1. The van der Waals surface area contributed by atoms with Gasteiger partial charge in [-0.2, -0.15) is 4.57 Å². The van der Waals surface area contributed by atoms with Crippen molar-refractivity contribution in [2.75, 3.05) is 0 Å². The van der Waals surface area contributed by atoms with Crippen molar-refractivity contribution < 1.29 is 28.5 Å². The summed E-state index contributed by atoms with van der Waals surface area (Å²) in [6.07, 6.45) is 7.24. The Kier molecular flexibility index (Phi) is 5.83. The van der Waals surface area contributed by atoms with Crippen LogP contribution in [0.3, 0.4) is 0 Å². The third kappa shape index (κ3) is 3.62. The summed E-state index contributed by atoms with van der Waals surface area (Å²) >= 11 is 1.91. The molecule has 3 rings (SSSR count). The Morgan fingerprint density at radius 3 is 2.73 bits per heavy atom. The second-order valence-corrected chi connectivity index (χ2v) is 7.44. The van der Waals surface area contributed by atoms with Gasteiger partial charge in [0.2, 0.25) is 5.52 Å². The number of aryl methyl sites for hydroxylation is 2. The third-order valence-corrected chi connectivity index (χ3v) is 5.31. The van der Waals surface area contributed by atoms with Crippen LogP contribution in [0.4, 0.5) is 0 Å². The van der Waals surface area contributed by atoms with Crippen molar-refractivity contribution in [1.82, 2.24) is 0 Å². The van der Waals surface area contributed by atoms with E-state index in [0.29, 0.717) is 0 Å². The van der Waals surface area contributed by atoms with Crippen molar-refractivity contribution in [3.8, 4) is 0 Å². The van der Waals surface area contributed by atoms with Gasteiger partial charge in [0.1, 0.15) is 11.2 Å². The fraction of sp³-hybridized carbons (Fsp3) is 0.421. The van der Waals surface area contributed by atoms with E-state index in [9.17, 15) is 0 Å². The van der Waals surface area contributed by atoms with E-state index in [1.807, 2.05) is 11.3 Å². The van der Waals surface area contributed by atoms with Crippen LogP contribution in [0.5, 0.6) is 0 Å². The molecule has 0 spiro atoms. The lowest BCUT2D eigenvalue weighted by molar-refractivity contribution is -0.665. The monoisotopic (exact) mass is 425 g/mol. The number of aromatic nitrogens is 1. The first-order valence-electron chi connectivity index (χ1n) is 7.87. The summed E-state index contributed by atoms with van der Waals surface area (Å²) in [4.78, 5) is 0. The molecule has 1 aliphatic rings. The van der Waals surface area contributed by atoms with Gasteiger partial charge in [0.15, 0.2) is 0 Å². The Morgan fingerprint density at radius 1 is 1.27 bits per heavy atom. The molecular weight excluding hydrogens is 401 g/mol. The van der Waals surface area contributed by atoms with Crippen molar-refractivity contribution in [3.63, 3.8) is 0 Å². The van der Waals surface area contributed by atoms with Crippen LogP contribution in [0.15, 0.2) is 35.4 Å². The maximum absolute atomic E-state index is 2.45. The summed E-state index contributed by atoms with van der Waals surface area (Å²) in [6.45, 7) is 10.0. The van der Waals surface area contributed by atoms with E-state index in [2.05, 4.69) is 62.6 Å². The average Bonchev–Trinajstić information content (AvgIpc) is 2.73. The fourth-order valence-electron chi connectivity index (χ4n) is 3.36. The second-order valence-electron chi connectivity index (χ2n) is 6.38. The van der Waals surface area contributed by atoms with Crippen molar-refractivity contribution in [3.05, 3.63) is 46.0 Å². The molecule has 1 nitrogen and oxygen atoms in total. The number of hydrogen-bond donors (Lipinski definition) is 0. The summed E-state index contributed by atoms with van der Waals surface area (Å²) in [5.74, 6) is 0.771. The molecule has 1 aliphatic carbocycles. The first kappa shape index (κ1) is 17.7. The number of rotatable bonds is 2. The van der Waals surface area contributed by atoms with E-state index >= 15 is 0 Å². The van der Waals surface area contributed by atoms with E-state index in [4.69, 9.17) is 0 Å². The lowest BCUT2D eigenvalue weighted by Crippen LogP contribution is -3.00. The summed E-state index contributed by atoms with van der Waals surface area (Å²) in [5, 5.41) is 1.38. The molecule has 0 N–H and O–H groups in total. The van der Waals surface area contributed by atoms with Gasteiger partial charge in [0.25, 0.3) is 5.01 Å². The van der Waals surface area contributed by atoms with Gasteiger partial charge in [-0.05, 0) is 56.7 Å². The second kappa shape index (κ2) is 7.26. The van der Waals surface area contributed by atoms with E-state index in [1.54, 1.807) is 0 Å². The number of thiazole rings is 1. The fourth-order valence-corrected chi connectivity index (χ4v) is 4.55. The third-order valence-electron chi connectivity index (χ3n) is 4.20. The zero-order chi connectivity index (χ0) is 15.0. The number of benzene rings is 1. The molecule has 0 aliphatic heterocycles. The van der Waals surface area contributed by atoms with Gasteiger partial charge >= 0.3 is 0 Å². The highest BCUT2D eigenvalue weighted by atomic mass is 127. The van der Waals surface area contributed by atoms with Gasteiger partial charge in [0, 0.05) is 12.1 Å². The largest absolute Gasteiger partial charge is 1.00 e. The number of allylic oxidation sites excluding steroid dienone is 3. The minimum atomic E-state index is 0. The molecule has 0 bridgehead atoms. The van der Waals surface area contributed by atoms with Gasteiger partial charge in [-0.25, -0.2) is 0 Å². The Morgan fingerprint density at radius 2 is 2.05 bits per heavy atom. The van der Waals surface area contributed by atoms with E-state index in [-0.39, 0.29) is 24.0 Å². The Hall–Kier alpha value is -0.680. The number of hydrogen-bond acceptors (Lipinski definition) is 1. The highest BCUT2D eigenvalue weighted by molar-refractivity contribution is 7.18. The maximum atomic E-state index is 2.45. The van der Waals surface area contributed by atoms with Gasteiger partial charge < -0.3 is 24.0 Å². The normalized spacial score (nSPS) is 20.1. The van der Waals surface area contributed by atoms with Gasteiger partial charge in [-0.3, -0.25) is 0 Å². The maximum Gasteiger partial charge on any atom is 0.263 e. The van der Waals surface area contributed by atoms with Crippen molar-refractivity contribution in [2.45, 2.75) is 47.1 Å². The van der Waals surface area contributed by atoms with E-state index in [1.165, 1.54) is 44.8 Å². The summed E-state index contributed by atoms with van der Waals surface area (Å²) < 4.78 is 3.83. The molecule has 0 amide bonds. The molecule has 0 radical (unpaired) electrons. The molecule has 1 aromatic heterocycles. The molecule has 118 valence electrons. The molecule has 1 atom stereocenters. The lowest BCUT2D eigenvalue weighted by Gasteiger charge is -2.18. The number of halogens is 1. The van der Waals surface area contributed by atoms with Crippen LogP contribution in [0.25, 0.3) is 16.3 Å². The quantitative estimate of drug-likeness (QED) is 0.514. The topological polar surface area (TPSA) is 3.88 Å².